The van der Waals surface area contributed by atoms with Crippen molar-refractivity contribution in [3.63, 3.8) is 0 Å². The van der Waals surface area contributed by atoms with Crippen molar-refractivity contribution in [3.05, 3.63) is 57.6 Å². The van der Waals surface area contributed by atoms with Crippen LogP contribution in [0.5, 0.6) is 5.75 Å². The predicted molar refractivity (Wildman–Crippen MR) is 128 cm³/mol. The van der Waals surface area contributed by atoms with E-state index < -0.39 is 11.8 Å². The summed E-state index contributed by atoms with van der Waals surface area (Å²) < 4.78 is 0. The molecular formula is C23H25Cl2N5O3. The van der Waals surface area contributed by atoms with Crippen LogP contribution >= 0.6 is 23.2 Å². The van der Waals surface area contributed by atoms with E-state index in [2.05, 4.69) is 27.5 Å². The van der Waals surface area contributed by atoms with E-state index in [0.29, 0.717) is 11.1 Å². The normalized spacial score (nSPS) is 14.9. The molecule has 2 aromatic carbocycles. The van der Waals surface area contributed by atoms with Gasteiger partial charge in [0.15, 0.2) is 5.75 Å². The van der Waals surface area contributed by atoms with Gasteiger partial charge in [0.25, 0.3) is 5.91 Å². The maximum Gasteiger partial charge on any atom is 0.251 e. The molecule has 1 aliphatic heterocycles. The van der Waals surface area contributed by atoms with Gasteiger partial charge in [-0.3, -0.25) is 9.59 Å². The third kappa shape index (κ3) is 6.29. The lowest BCUT2D eigenvalue weighted by Gasteiger charge is -2.34. The molecule has 1 fully saturated rings. The lowest BCUT2D eigenvalue weighted by molar-refractivity contribution is -0.122. The van der Waals surface area contributed by atoms with Gasteiger partial charge in [0.1, 0.15) is 6.54 Å². The van der Waals surface area contributed by atoms with Gasteiger partial charge in [-0.25, -0.2) is 0 Å². The highest BCUT2D eigenvalue weighted by molar-refractivity contribution is 6.37. The molecule has 2 aromatic rings. The third-order valence-electron chi connectivity index (χ3n) is 5.56. The van der Waals surface area contributed by atoms with Crippen molar-refractivity contribution < 1.29 is 14.7 Å². The summed E-state index contributed by atoms with van der Waals surface area (Å²) in [5.74, 6) is -1.96. The number of carbonyl (C=O) groups is 2. The van der Waals surface area contributed by atoms with E-state index in [0.717, 1.165) is 31.9 Å². The number of benzene rings is 2. The molecule has 174 valence electrons. The molecule has 0 aromatic heterocycles. The molecule has 0 bridgehead atoms. The number of aromatic hydroxyl groups is 1. The average molecular weight is 490 g/mol. The summed E-state index contributed by atoms with van der Waals surface area (Å²) in [4.78, 5) is 29.9. The molecule has 1 unspecified atom stereocenters. The SMILES string of the molecule is CN1CCN(c2ccc(C(=O)NCC(C(=O)NCC#N)c3cc(Cl)c(O)c(Cl)c3)cc2)CC1. The maximum atomic E-state index is 12.7. The van der Waals surface area contributed by atoms with E-state index in [-0.39, 0.29) is 34.8 Å². The fourth-order valence-electron chi connectivity index (χ4n) is 3.58. The Balaban J connectivity index is 1.70. The van der Waals surface area contributed by atoms with E-state index >= 15 is 0 Å². The molecule has 3 N–H and O–H groups in total. The second kappa shape index (κ2) is 11.2. The summed E-state index contributed by atoms with van der Waals surface area (Å²) in [6.07, 6.45) is 0. The Morgan fingerprint density at radius 2 is 1.70 bits per heavy atom. The number of phenols is 1. The van der Waals surface area contributed by atoms with E-state index in [1.807, 2.05) is 18.2 Å². The molecular weight excluding hydrogens is 465 g/mol. The first-order valence-corrected chi connectivity index (χ1v) is 11.2. The number of piperazine rings is 1. The van der Waals surface area contributed by atoms with Crippen molar-refractivity contribution in [2.75, 3.05) is 51.2 Å². The smallest absolute Gasteiger partial charge is 0.251 e. The minimum atomic E-state index is -0.859. The van der Waals surface area contributed by atoms with Crippen LogP contribution in [0.4, 0.5) is 5.69 Å². The lowest BCUT2D eigenvalue weighted by Crippen LogP contribution is -2.44. The second-order valence-electron chi connectivity index (χ2n) is 7.81. The highest BCUT2D eigenvalue weighted by Crippen LogP contribution is 2.35. The van der Waals surface area contributed by atoms with Crippen LogP contribution < -0.4 is 15.5 Å². The quantitative estimate of drug-likeness (QED) is 0.515. The minimum Gasteiger partial charge on any atom is -0.505 e. The summed E-state index contributed by atoms with van der Waals surface area (Å²) in [5, 5.41) is 23.8. The van der Waals surface area contributed by atoms with Gasteiger partial charge in [-0.1, -0.05) is 23.2 Å². The fraction of sp³-hybridized carbons (Fsp3) is 0.348. The summed E-state index contributed by atoms with van der Waals surface area (Å²) in [5.41, 5.74) is 1.93. The van der Waals surface area contributed by atoms with Crippen LogP contribution in [0, 0.1) is 11.3 Å². The molecule has 33 heavy (non-hydrogen) atoms. The number of halogens is 2. The number of likely N-dealkylation sites (N-methyl/N-ethyl adjacent to an activating group) is 1. The summed E-state index contributed by atoms with van der Waals surface area (Å²) in [6, 6.07) is 12.0. The van der Waals surface area contributed by atoms with E-state index in [9.17, 15) is 14.7 Å². The Hall–Kier alpha value is -2.99. The van der Waals surface area contributed by atoms with Crippen LogP contribution in [0.3, 0.4) is 0 Å². The maximum absolute atomic E-state index is 12.7. The molecule has 1 saturated heterocycles. The number of nitriles is 1. The Labute approximate surface area is 202 Å². The molecule has 8 nitrogen and oxygen atoms in total. The number of phenolic OH excluding ortho intramolecular Hbond substituents is 1. The van der Waals surface area contributed by atoms with Gasteiger partial charge in [0.2, 0.25) is 5.91 Å². The van der Waals surface area contributed by atoms with Crippen molar-refractivity contribution in [1.82, 2.24) is 15.5 Å². The fourth-order valence-corrected chi connectivity index (χ4v) is 4.09. The number of hydrogen-bond acceptors (Lipinski definition) is 6. The van der Waals surface area contributed by atoms with Gasteiger partial charge in [-0.15, -0.1) is 0 Å². The first-order chi connectivity index (χ1) is 15.8. The van der Waals surface area contributed by atoms with Gasteiger partial charge in [-0.05, 0) is 49.0 Å². The molecule has 0 spiro atoms. The minimum absolute atomic E-state index is 0.0126. The Morgan fingerprint density at radius 3 is 2.27 bits per heavy atom. The van der Waals surface area contributed by atoms with Crippen LogP contribution in [0.2, 0.25) is 10.0 Å². The number of rotatable bonds is 7. The second-order valence-corrected chi connectivity index (χ2v) is 8.62. The first kappa shape index (κ1) is 24.6. The monoisotopic (exact) mass is 489 g/mol. The number of hydrogen-bond donors (Lipinski definition) is 3. The molecule has 3 rings (SSSR count). The van der Waals surface area contributed by atoms with Crippen LogP contribution in [0.25, 0.3) is 0 Å². The molecule has 0 aliphatic carbocycles. The van der Waals surface area contributed by atoms with E-state index in [1.165, 1.54) is 12.1 Å². The Kier molecular flexibility index (Phi) is 8.39. The third-order valence-corrected chi connectivity index (χ3v) is 6.14. The molecule has 0 saturated carbocycles. The Bertz CT molecular complexity index is 1020. The topological polar surface area (TPSA) is 109 Å². The molecule has 2 amide bonds. The van der Waals surface area contributed by atoms with Crippen LogP contribution in [0.1, 0.15) is 21.8 Å². The number of amides is 2. The first-order valence-electron chi connectivity index (χ1n) is 10.4. The highest BCUT2D eigenvalue weighted by Gasteiger charge is 2.24. The van der Waals surface area contributed by atoms with Crippen molar-refractivity contribution >= 4 is 40.7 Å². The molecule has 1 heterocycles. The summed E-state index contributed by atoms with van der Waals surface area (Å²) in [6.45, 7) is 3.61. The summed E-state index contributed by atoms with van der Waals surface area (Å²) in [7, 11) is 2.10. The average Bonchev–Trinajstić information content (AvgIpc) is 2.81. The molecule has 1 aliphatic rings. The van der Waals surface area contributed by atoms with Crippen molar-refractivity contribution in [1.29, 1.82) is 5.26 Å². The highest BCUT2D eigenvalue weighted by atomic mass is 35.5. The van der Waals surface area contributed by atoms with Crippen LogP contribution in [-0.4, -0.2) is 68.1 Å². The largest absolute Gasteiger partial charge is 0.505 e. The molecule has 10 heteroatoms. The van der Waals surface area contributed by atoms with Gasteiger partial charge < -0.3 is 25.5 Å². The zero-order chi connectivity index (χ0) is 24.0. The van der Waals surface area contributed by atoms with Crippen molar-refractivity contribution in [2.45, 2.75) is 5.92 Å². The standard InChI is InChI=1S/C23H25Cl2N5O3/c1-29-8-10-30(11-9-29)17-4-2-15(3-5-17)22(32)28-14-18(23(33)27-7-6-26)16-12-19(24)21(31)20(25)13-16/h2-5,12-13,18,31H,7-11,14H2,1H3,(H,27,33)(H,28,32). The van der Waals surface area contributed by atoms with Crippen LogP contribution in [0.15, 0.2) is 36.4 Å². The number of anilines is 1. The van der Waals surface area contributed by atoms with Gasteiger partial charge >= 0.3 is 0 Å². The van der Waals surface area contributed by atoms with Gasteiger partial charge in [-0.2, -0.15) is 5.26 Å². The zero-order valence-electron chi connectivity index (χ0n) is 18.1. The van der Waals surface area contributed by atoms with Crippen LogP contribution in [-0.2, 0) is 4.79 Å². The van der Waals surface area contributed by atoms with Crippen molar-refractivity contribution in [3.8, 4) is 11.8 Å². The Morgan fingerprint density at radius 1 is 1.09 bits per heavy atom. The van der Waals surface area contributed by atoms with E-state index in [4.69, 9.17) is 28.5 Å². The van der Waals surface area contributed by atoms with Gasteiger partial charge in [0.05, 0.1) is 22.0 Å². The zero-order valence-corrected chi connectivity index (χ0v) is 19.7. The van der Waals surface area contributed by atoms with E-state index in [1.54, 1.807) is 12.1 Å². The lowest BCUT2D eigenvalue weighted by atomic mass is 9.97. The number of nitrogens with one attached hydrogen (secondary N) is 2. The number of carbonyl (C=O) groups excluding carboxylic acids is 2. The summed E-state index contributed by atoms with van der Waals surface area (Å²) >= 11 is 12.0. The molecule has 0 radical (unpaired) electrons. The predicted octanol–water partition coefficient (Wildman–Crippen LogP) is 2.60. The molecule has 1 atom stereocenters. The van der Waals surface area contributed by atoms with Crippen molar-refractivity contribution in [2.24, 2.45) is 0 Å². The van der Waals surface area contributed by atoms with Gasteiger partial charge in [0, 0.05) is 44.0 Å². The number of nitrogens with zero attached hydrogens (tertiary/aromatic N) is 3.